The third kappa shape index (κ3) is 5.02. The highest BCUT2D eigenvalue weighted by atomic mass is 16.5. The Bertz CT molecular complexity index is 1600. The predicted molar refractivity (Wildman–Crippen MR) is 163 cm³/mol. The van der Waals surface area contributed by atoms with Crippen LogP contribution in [0.25, 0.3) is 10.9 Å². The van der Waals surface area contributed by atoms with Crippen molar-refractivity contribution in [3.05, 3.63) is 143 Å². The number of aromatic nitrogens is 1. The molecule has 1 aromatic heterocycles. The van der Waals surface area contributed by atoms with E-state index in [1.54, 1.807) is 0 Å². The highest BCUT2D eigenvalue weighted by molar-refractivity contribution is 5.79. The quantitative estimate of drug-likeness (QED) is 0.222. The zero-order valence-electron chi connectivity index (χ0n) is 23.0. The number of rotatable bonds is 7. The van der Waals surface area contributed by atoms with E-state index in [9.17, 15) is 0 Å². The number of benzene rings is 4. The number of piperidine rings is 1. The van der Waals surface area contributed by atoms with Gasteiger partial charge < -0.3 is 9.64 Å². The molecule has 0 spiro atoms. The van der Waals surface area contributed by atoms with Gasteiger partial charge in [0.15, 0.2) is 0 Å². The van der Waals surface area contributed by atoms with Crippen molar-refractivity contribution < 1.29 is 4.74 Å². The number of para-hydroxylation sites is 1. The van der Waals surface area contributed by atoms with Crippen molar-refractivity contribution in [1.82, 2.24) is 9.88 Å². The van der Waals surface area contributed by atoms with E-state index in [1.165, 1.54) is 33.3 Å². The van der Waals surface area contributed by atoms with Crippen LogP contribution in [-0.4, -0.2) is 29.5 Å². The first-order valence-electron chi connectivity index (χ1n) is 14.7. The second-order valence-electron chi connectivity index (χ2n) is 11.6. The smallest absolute Gasteiger partial charge is 0.120 e. The lowest BCUT2D eigenvalue weighted by atomic mass is 9.58. The molecule has 0 unspecified atom stereocenters. The molecule has 0 N–H and O–H groups in total. The molecule has 2 atom stereocenters. The highest BCUT2D eigenvalue weighted by Gasteiger charge is 2.47. The Morgan fingerprint density at radius 1 is 0.800 bits per heavy atom. The molecule has 0 radical (unpaired) electrons. The van der Waals surface area contributed by atoms with E-state index in [2.05, 4.69) is 114 Å². The number of hydrogen-bond donors (Lipinski definition) is 0. The zero-order chi connectivity index (χ0) is 26.8. The maximum atomic E-state index is 6.31. The molecular formula is C37H36N2O. The highest BCUT2D eigenvalue weighted by Crippen LogP contribution is 2.48. The Kier molecular flexibility index (Phi) is 6.83. The van der Waals surface area contributed by atoms with Gasteiger partial charge in [-0.15, -0.1) is 0 Å². The Morgan fingerprint density at radius 2 is 1.57 bits per heavy atom. The molecule has 200 valence electrons. The molecule has 1 aliphatic heterocycles. The molecule has 0 bridgehead atoms. The summed E-state index contributed by atoms with van der Waals surface area (Å²) in [5.74, 6) is 1.50. The van der Waals surface area contributed by atoms with Crippen molar-refractivity contribution in [2.24, 2.45) is 5.92 Å². The second kappa shape index (κ2) is 10.9. The van der Waals surface area contributed by atoms with E-state index in [0.717, 1.165) is 56.6 Å². The maximum absolute atomic E-state index is 6.31. The number of likely N-dealkylation sites (tertiary alicyclic amines) is 1. The molecule has 40 heavy (non-hydrogen) atoms. The molecule has 7 rings (SSSR count). The van der Waals surface area contributed by atoms with E-state index >= 15 is 0 Å². The lowest BCUT2D eigenvalue weighted by Gasteiger charge is -2.51. The molecule has 0 amide bonds. The number of ether oxygens (including phenoxy) is 1. The molecule has 3 nitrogen and oxygen atoms in total. The third-order valence-corrected chi connectivity index (χ3v) is 9.19. The van der Waals surface area contributed by atoms with Gasteiger partial charge in [-0.05, 0) is 78.2 Å². The second-order valence-corrected chi connectivity index (χ2v) is 11.6. The van der Waals surface area contributed by atoms with Crippen molar-refractivity contribution in [1.29, 1.82) is 0 Å². The summed E-state index contributed by atoms with van der Waals surface area (Å²) in [4.78, 5) is 7.93. The molecule has 2 aliphatic rings. The van der Waals surface area contributed by atoms with Gasteiger partial charge in [-0.3, -0.25) is 4.98 Å². The largest absolute Gasteiger partial charge is 0.489 e. The molecule has 1 fully saturated rings. The minimum Gasteiger partial charge on any atom is -0.489 e. The summed E-state index contributed by atoms with van der Waals surface area (Å²) in [6, 6.07) is 41.3. The van der Waals surface area contributed by atoms with E-state index in [-0.39, 0.29) is 5.41 Å². The summed E-state index contributed by atoms with van der Waals surface area (Å²) in [6.07, 6.45) is 4.31. The van der Waals surface area contributed by atoms with Crippen molar-refractivity contribution in [2.45, 2.75) is 37.7 Å². The van der Waals surface area contributed by atoms with Crippen LogP contribution in [0, 0.1) is 5.92 Å². The number of hydrogen-bond acceptors (Lipinski definition) is 3. The fourth-order valence-corrected chi connectivity index (χ4v) is 6.98. The van der Waals surface area contributed by atoms with Crippen LogP contribution in [0.2, 0.25) is 0 Å². The number of pyridine rings is 1. The van der Waals surface area contributed by atoms with Gasteiger partial charge in [0.05, 0.1) is 5.52 Å². The van der Waals surface area contributed by atoms with Gasteiger partial charge in [0.2, 0.25) is 0 Å². The van der Waals surface area contributed by atoms with Crippen molar-refractivity contribution >= 4 is 10.9 Å². The van der Waals surface area contributed by atoms with Crippen LogP contribution in [0.15, 0.2) is 115 Å². The van der Waals surface area contributed by atoms with Crippen molar-refractivity contribution in [3.8, 4) is 5.75 Å². The van der Waals surface area contributed by atoms with E-state index < -0.39 is 0 Å². The van der Waals surface area contributed by atoms with Crippen LogP contribution in [-0.2, 0) is 31.3 Å². The molecule has 0 saturated carbocycles. The summed E-state index contributed by atoms with van der Waals surface area (Å²) in [5, 5.41) is 1.25. The molecule has 1 aliphatic carbocycles. The summed E-state index contributed by atoms with van der Waals surface area (Å²) >= 11 is 0. The van der Waals surface area contributed by atoms with E-state index in [0.29, 0.717) is 12.5 Å². The molecular weight excluding hydrogens is 488 g/mol. The summed E-state index contributed by atoms with van der Waals surface area (Å²) in [7, 11) is 0. The molecule has 4 aromatic carbocycles. The van der Waals surface area contributed by atoms with E-state index in [4.69, 9.17) is 9.72 Å². The Morgan fingerprint density at radius 3 is 2.42 bits per heavy atom. The van der Waals surface area contributed by atoms with Gasteiger partial charge in [-0.25, -0.2) is 0 Å². The van der Waals surface area contributed by atoms with Crippen LogP contribution in [0.4, 0.5) is 0 Å². The molecule has 1 saturated heterocycles. The topological polar surface area (TPSA) is 25.4 Å². The van der Waals surface area contributed by atoms with Gasteiger partial charge in [-0.2, -0.15) is 0 Å². The van der Waals surface area contributed by atoms with Crippen LogP contribution in [0.5, 0.6) is 5.75 Å². The monoisotopic (exact) mass is 524 g/mol. The zero-order valence-corrected chi connectivity index (χ0v) is 23.0. The summed E-state index contributed by atoms with van der Waals surface area (Å²) in [5.41, 5.74) is 7.91. The standard InChI is InChI=1S/C37H36N2O/c1-3-10-28(11-4-1)18-20-39-21-19-37(32-15-9-16-34(24-32)40-27-29-12-5-2-6-13-29)25-36-31(23-33(37)26-39)22-30-14-7-8-17-35(30)38-36/h1-17,22,24,33H,18-21,23,25-27H2/t33-,37-/m0/s1. The first kappa shape index (κ1) is 25.0. The van der Waals surface area contributed by atoms with Gasteiger partial charge in [0.25, 0.3) is 0 Å². The fraction of sp³-hybridized carbons (Fsp3) is 0.270. The maximum Gasteiger partial charge on any atom is 0.120 e. The summed E-state index contributed by atoms with van der Waals surface area (Å²) in [6.45, 7) is 3.93. The normalized spacial score (nSPS) is 20.6. The Hall–Kier alpha value is -3.95. The van der Waals surface area contributed by atoms with Gasteiger partial charge >= 0.3 is 0 Å². The van der Waals surface area contributed by atoms with Gasteiger partial charge in [0.1, 0.15) is 12.4 Å². The van der Waals surface area contributed by atoms with Crippen LogP contribution < -0.4 is 4.74 Å². The van der Waals surface area contributed by atoms with Gasteiger partial charge in [0, 0.05) is 36.0 Å². The minimum atomic E-state index is 0.0673. The average molecular weight is 525 g/mol. The number of nitrogens with zero attached hydrogens (tertiary/aromatic N) is 2. The molecule has 3 heteroatoms. The number of fused-ring (bicyclic) bond motifs is 3. The first-order chi connectivity index (χ1) is 19.7. The lowest BCUT2D eigenvalue weighted by Crippen LogP contribution is -2.54. The van der Waals surface area contributed by atoms with E-state index in [1.807, 2.05) is 6.07 Å². The first-order valence-corrected chi connectivity index (χ1v) is 14.7. The Labute approximate surface area is 237 Å². The van der Waals surface area contributed by atoms with Crippen molar-refractivity contribution in [3.63, 3.8) is 0 Å². The SMILES string of the molecule is c1ccc(CCN2CC[C@@]3(c4cccc(OCc5ccccc5)c4)Cc4nc5ccccc5cc4C[C@H]3C2)cc1. The van der Waals surface area contributed by atoms with Crippen molar-refractivity contribution in [2.75, 3.05) is 19.6 Å². The van der Waals surface area contributed by atoms with Gasteiger partial charge in [-0.1, -0.05) is 91.0 Å². The summed E-state index contributed by atoms with van der Waals surface area (Å²) < 4.78 is 6.31. The predicted octanol–water partition coefficient (Wildman–Crippen LogP) is 7.42. The molecule has 5 aromatic rings. The van der Waals surface area contributed by atoms with Crippen LogP contribution in [0.1, 0.15) is 34.4 Å². The Balaban J connectivity index is 1.19. The van der Waals surface area contributed by atoms with Crippen LogP contribution in [0.3, 0.4) is 0 Å². The molecule has 2 heterocycles. The minimum absolute atomic E-state index is 0.0673. The third-order valence-electron chi connectivity index (χ3n) is 9.19. The van der Waals surface area contributed by atoms with Crippen LogP contribution >= 0.6 is 0 Å². The fourth-order valence-electron chi connectivity index (χ4n) is 6.98. The average Bonchev–Trinajstić information content (AvgIpc) is 3.02. The lowest BCUT2D eigenvalue weighted by molar-refractivity contribution is 0.0815.